The lowest BCUT2D eigenvalue weighted by Gasteiger charge is -2.26. The van der Waals surface area contributed by atoms with E-state index in [1.54, 1.807) is 0 Å². The van der Waals surface area contributed by atoms with Crippen molar-refractivity contribution in [2.24, 2.45) is 0 Å². The zero-order valence-electron chi connectivity index (χ0n) is 8.40. The molecular formula is C11H15NO2. The van der Waals surface area contributed by atoms with Gasteiger partial charge in [-0.25, -0.2) is 4.98 Å². The van der Waals surface area contributed by atoms with Gasteiger partial charge in [-0.1, -0.05) is 19.4 Å². The number of rotatable bonds is 4. The zero-order valence-corrected chi connectivity index (χ0v) is 8.40. The molecule has 1 fully saturated rings. The molecule has 0 N–H and O–H groups in total. The monoisotopic (exact) mass is 193 g/mol. The van der Waals surface area contributed by atoms with E-state index < -0.39 is 0 Å². The molecule has 14 heavy (non-hydrogen) atoms. The molecule has 1 saturated heterocycles. The molecule has 1 aliphatic heterocycles. The SMILES string of the molecule is CCCc1ccc(OC2COC2)nc1. The lowest BCUT2D eigenvalue weighted by Crippen LogP contribution is -2.38. The van der Waals surface area contributed by atoms with Crippen LogP contribution in [0, 0.1) is 0 Å². The summed E-state index contributed by atoms with van der Waals surface area (Å²) in [7, 11) is 0. The number of aromatic nitrogens is 1. The summed E-state index contributed by atoms with van der Waals surface area (Å²) in [4.78, 5) is 4.24. The van der Waals surface area contributed by atoms with Crippen LogP contribution in [0.4, 0.5) is 0 Å². The fourth-order valence-electron chi connectivity index (χ4n) is 1.37. The Labute approximate surface area is 84.1 Å². The molecule has 0 unspecified atom stereocenters. The van der Waals surface area contributed by atoms with E-state index in [1.165, 1.54) is 5.56 Å². The Kier molecular flexibility index (Phi) is 2.99. The van der Waals surface area contributed by atoms with Gasteiger partial charge in [0.1, 0.15) is 6.10 Å². The van der Waals surface area contributed by atoms with Crippen LogP contribution in [-0.2, 0) is 11.2 Å². The number of ether oxygens (including phenoxy) is 2. The maximum atomic E-state index is 5.55. The molecule has 0 aromatic carbocycles. The van der Waals surface area contributed by atoms with Gasteiger partial charge >= 0.3 is 0 Å². The van der Waals surface area contributed by atoms with E-state index in [1.807, 2.05) is 12.3 Å². The third kappa shape index (κ3) is 2.23. The number of hydrogen-bond donors (Lipinski definition) is 0. The molecule has 0 saturated carbocycles. The zero-order chi connectivity index (χ0) is 9.80. The van der Waals surface area contributed by atoms with Crippen LogP contribution in [0.2, 0.25) is 0 Å². The summed E-state index contributed by atoms with van der Waals surface area (Å²) < 4.78 is 10.6. The van der Waals surface area contributed by atoms with Gasteiger partial charge in [-0.3, -0.25) is 0 Å². The second-order valence-corrected chi connectivity index (χ2v) is 3.53. The number of pyridine rings is 1. The largest absolute Gasteiger partial charge is 0.469 e. The van der Waals surface area contributed by atoms with Crippen molar-refractivity contribution < 1.29 is 9.47 Å². The predicted octanol–water partition coefficient (Wildman–Crippen LogP) is 1.81. The highest BCUT2D eigenvalue weighted by Gasteiger charge is 2.20. The Balaban J connectivity index is 1.91. The highest BCUT2D eigenvalue weighted by molar-refractivity contribution is 5.18. The van der Waals surface area contributed by atoms with Crippen LogP contribution in [0.15, 0.2) is 18.3 Å². The number of nitrogens with zero attached hydrogens (tertiary/aromatic N) is 1. The van der Waals surface area contributed by atoms with Crippen molar-refractivity contribution in [3.63, 3.8) is 0 Å². The van der Waals surface area contributed by atoms with Crippen LogP contribution in [0.3, 0.4) is 0 Å². The van der Waals surface area contributed by atoms with Crippen molar-refractivity contribution in [2.45, 2.75) is 25.9 Å². The molecule has 3 nitrogen and oxygen atoms in total. The van der Waals surface area contributed by atoms with E-state index in [2.05, 4.69) is 18.0 Å². The normalized spacial score (nSPS) is 16.4. The van der Waals surface area contributed by atoms with Gasteiger partial charge in [0, 0.05) is 12.3 Å². The molecule has 76 valence electrons. The standard InChI is InChI=1S/C11H15NO2/c1-2-3-9-4-5-11(12-6-9)14-10-7-13-8-10/h4-6,10H,2-3,7-8H2,1H3. The van der Waals surface area contributed by atoms with Crippen LogP contribution < -0.4 is 4.74 Å². The summed E-state index contributed by atoms with van der Waals surface area (Å²) in [5.41, 5.74) is 1.27. The minimum absolute atomic E-state index is 0.208. The van der Waals surface area contributed by atoms with Gasteiger partial charge in [-0.15, -0.1) is 0 Å². The van der Waals surface area contributed by atoms with Gasteiger partial charge in [-0.2, -0.15) is 0 Å². The highest BCUT2D eigenvalue weighted by atomic mass is 16.6. The highest BCUT2D eigenvalue weighted by Crippen LogP contribution is 2.14. The summed E-state index contributed by atoms with van der Waals surface area (Å²) in [5, 5.41) is 0. The maximum Gasteiger partial charge on any atom is 0.213 e. The van der Waals surface area contributed by atoms with Gasteiger partial charge in [0.2, 0.25) is 5.88 Å². The van der Waals surface area contributed by atoms with Gasteiger partial charge < -0.3 is 9.47 Å². The second kappa shape index (κ2) is 4.42. The van der Waals surface area contributed by atoms with Crippen molar-refractivity contribution in [3.8, 4) is 5.88 Å². The molecule has 0 amide bonds. The van der Waals surface area contributed by atoms with Gasteiger partial charge in [0.05, 0.1) is 13.2 Å². The fraction of sp³-hybridized carbons (Fsp3) is 0.545. The van der Waals surface area contributed by atoms with E-state index in [0.29, 0.717) is 19.1 Å². The summed E-state index contributed by atoms with van der Waals surface area (Å²) in [6.45, 7) is 3.55. The van der Waals surface area contributed by atoms with Crippen molar-refractivity contribution >= 4 is 0 Å². The van der Waals surface area contributed by atoms with Crippen LogP contribution in [0.1, 0.15) is 18.9 Å². The van der Waals surface area contributed by atoms with E-state index in [0.717, 1.165) is 12.8 Å². The van der Waals surface area contributed by atoms with Crippen molar-refractivity contribution in [1.82, 2.24) is 4.98 Å². The molecule has 1 aromatic heterocycles. The Bertz CT molecular complexity index is 280. The van der Waals surface area contributed by atoms with E-state index in [-0.39, 0.29) is 6.10 Å². The first-order chi connectivity index (χ1) is 6.88. The van der Waals surface area contributed by atoms with E-state index in [4.69, 9.17) is 9.47 Å². The van der Waals surface area contributed by atoms with Gasteiger partial charge in [0.15, 0.2) is 0 Å². The predicted molar refractivity (Wildman–Crippen MR) is 53.5 cm³/mol. The maximum absolute atomic E-state index is 5.55. The van der Waals surface area contributed by atoms with Gasteiger partial charge in [0.25, 0.3) is 0 Å². The number of hydrogen-bond acceptors (Lipinski definition) is 3. The fourth-order valence-corrected chi connectivity index (χ4v) is 1.37. The average Bonchev–Trinajstić information content (AvgIpc) is 2.14. The Morgan fingerprint density at radius 1 is 1.50 bits per heavy atom. The Morgan fingerprint density at radius 3 is 2.86 bits per heavy atom. The minimum atomic E-state index is 0.208. The van der Waals surface area contributed by atoms with Crippen LogP contribution >= 0.6 is 0 Å². The molecule has 0 radical (unpaired) electrons. The second-order valence-electron chi connectivity index (χ2n) is 3.53. The summed E-state index contributed by atoms with van der Waals surface area (Å²) in [5.74, 6) is 0.707. The van der Waals surface area contributed by atoms with Crippen molar-refractivity contribution in [3.05, 3.63) is 23.9 Å². The molecule has 0 spiro atoms. The van der Waals surface area contributed by atoms with Gasteiger partial charge in [-0.05, 0) is 12.0 Å². The third-order valence-corrected chi connectivity index (χ3v) is 2.23. The first kappa shape index (κ1) is 9.46. The molecule has 1 aliphatic rings. The topological polar surface area (TPSA) is 31.4 Å². The molecule has 0 bridgehead atoms. The molecule has 2 heterocycles. The third-order valence-electron chi connectivity index (χ3n) is 2.23. The first-order valence-corrected chi connectivity index (χ1v) is 5.08. The molecule has 1 aromatic rings. The smallest absolute Gasteiger partial charge is 0.213 e. The minimum Gasteiger partial charge on any atom is -0.469 e. The van der Waals surface area contributed by atoms with E-state index in [9.17, 15) is 0 Å². The van der Waals surface area contributed by atoms with Crippen LogP contribution in [0.25, 0.3) is 0 Å². The Hall–Kier alpha value is -1.09. The Morgan fingerprint density at radius 2 is 2.36 bits per heavy atom. The molecule has 0 atom stereocenters. The summed E-state index contributed by atoms with van der Waals surface area (Å²) in [6.07, 6.45) is 4.33. The lowest BCUT2D eigenvalue weighted by molar-refractivity contribution is -0.0813. The summed E-state index contributed by atoms with van der Waals surface area (Å²) >= 11 is 0. The average molecular weight is 193 g/mol. The van der Waals surface area contributed by atoms with Crippen LogP contribution in [-0.4, -0.2) is 24.3 Å². The molecule has 0 aliphatic carbocycles. The molecule has 2 rings (SSSR count). The molecule has 3 heteroatoms. The first-order valence-electron chi connectivity index (χ1n) is 5.08. The number of aryl methyl sites for hydroxylation is 1. The summed E-state index contributed by atoms with van der Waals surface area (Å²) in [6, 6.07) is 4.01. The quantitative estimate of drug-likeness (QED) is 0.730. The van der Waals surface area contributed by atoms with Crippen molar-refractivity contribution in [2.75, 3.05) is 13.2 Å². The van der Waals surface area contributed by atoms with Crippen LogP contribution in [0.5, 0.6) is 5.88 Å². The lowest BCUT2D eigenvalue weighted by atomic mass is 10.2. The van der Waals surface area contributed by atoms with E-state index >= 15 is 0 Å². The van der Waals surface area contributed by atoms with Crippen molar-refractivity contribution in [1.29, 1.82) is 0 Å². The molecular weight excluding hydrogens is 178 g/mol.